The van der Waals surface area contributed by atoms with E-state index in [-0.39, 0.29) is 5.41 Å². The molecule has 0 radical (unpaired) electrons. The third-order valence-electron chi connectivity index (χ3n) is 6.07. The van der Waals surface area contributed by atoms with E-state index < -0.39 is 0 Å². The molecule has 0 amide bonds. The SMILES string of the molecule is CCNC(=NCC1(c2ccccc2OC)CC1)NC1CCN(c2cccs2)CC1. The summed E-state index contributed by atoms with van der Waals surface area (Å²) < 4.78 is 5.60. The van der Waals surface area contributed by atoms with Gasteiger partial charge in [0.2, 0.25) is 0 Å². The van der Waals surface area contributed by atoms with E-state index >= 15 is 0 Å². The van der Waals surface area contributed by atoms with Gasteiger partial charge in [0.25, 0.3) is 0 Å². The number of anilines is 1. The monoisotopic (exact) mass is 412 g/mol. The number of nitrogens with zero attached hydrogens (tertiary/aromatic N) is 2. The van der Waals surface area contributed by atoms with Crippen LogP contribution in [0.25, 0.3) is 0 Å². The number of methoxy groups -OCH3 is 1. The molecule has 2 aromatic rings. The number of hydrogen-bond acceptors (Lipinski definition) is 4. The Morgan fingerprint density at radius 3 is 2.66 bits per heavy atom. The summed E-state index contributed by atoms with van der Waals surface area (Å²) in [5, 5.41) is 10.7. The fourth-order valence-electron chi connectivity index (χ4n) is 4.18. The van der Waals surface area contributed by atoms with Crippen molar-refractivity contribution >= 4 is 22.3 Å². The largest absolute Gasteiger partial charge is 0.496 e. The zero-order valence-corrected chi connectivity index (χ0v) is 18.3. The highest BCUT2D eigenvalue weighted by Gasteiger charge is 2.46. The van der Waals surface area contributed by atoms with Crippen LogP contribution in [0.3, 0.4) is 0 Å². The number of rotatable bonds is 7. The molecule has 1 aliphatic heterocycles. The van der Waals surface area contributed by atoms with E-state index in [0.29, 0.717) is 6.04 Å². The zero-order chi connectivity index (χ0) is 20.1. The number of ether oxygens (including phenoxy) is 1. The maximum absolute atomic E-state index is 5.60. The molecule has 0 unspecified atom stereocenters. The Kier molecular flexibility index (Phi) is 6.28. The molecule has 2 fully saturated rings. The summed E-state index contributed by atoms with van der Waals surface area (Å²) in [7, 11) is 1.76. The Labute approximate surface area is 178 Å². The van der Waals surface area contributed by atoms with Gasteiger partial charge in [0.05, 0.1) is 18.7 Å². The van der Waals surface area contributed by atoms with Crippen LogP contribution in [0.2, 0.25) is 0 Å². The second-order valence-electron chi connectivity index (χ2n) is 8.03. The summed E-state index contributed by atoms with van der Waals surface area (Å²) in [4.78, 5) is 7.48. The number of aliphatic imine (C=N–C) groups is 1. The highest BCUT2D eigenvalue weighted by atomic mass is 32.1. The van der Waals surface area contributed by atoms with E-state index in [0.717, 1.165) is 50.7 Å². The molecule has 2 heterocycles. The van der Waals surface area contributed by atoms with Crippen molar-refractivity contribution in [1.29, 1.82) is 0 Å². The molecular weight excluding hydrogens is 380 g/mol. The minimum absolute atomic E-state index is 0.136. The minimum atomic E-state index is 0.136. The zero-order valence-electron chi connectivity index (χ0n) is 17.5. The third-order valence-corrected chi connectivity index (χ3v) is 7.00. The van der Waals surface area contributed by atoms with Crippen LogP contribution in [0, 0.1) is 0 Å². The molecule has 156 valence electrons. The van der Waals surface area contributed by atoms with Crippen LogP contribution < -0.4 is 20.3 Å². The van der Waals surface area contributed by atoms with Crippen LogP contribution in [0.15, 0.2) is 46.8 Å². The lowest BCUT2D eigenvalue weighted by Crippen LogP contribution is -2.48. The Morgan fingerprint density at radius 1 is 1.21 bits per heavy atom. The van der Waals surface area contributed by atoms with Gasteiger partial charge in [0.15, 0.2) is 5.96 Å². The normalized spacial score (nSPS) is 19.1. The molecule has 2 aliphatic rings. The Hall–Kier alpha value is -2.21. The maximum atomic E-state index is 5.60. The van der Waals surface area contributed by atoms with E-state index in [1.54, 1.807) is 7.11 Å². The first-order valence-corrected chi connectivity index (χ1v) is 11.6. The van der Waals surface area contributed by atoms with Crippen LogP contribution in [-0.2, 0) is 5.41 Å². The summed E-state index contributed by atoms with van der Waals surface area (Å²) in [6.07, 6.45) is 4.63. The van der Waals surface area contributed by atoms with Crippen molar-refractivity contribution in [3.05, 3.63) is 47.3 Å². The van der Waals surface area contributed by atoms with Gasteiger partial charge in [0.1, 0.15) is 5.75 Å². The highest BCUT2D eigenvalue weighted by molar-refractivity contribution is 7.14. The lowest BCUT2D eigenvalue weighted by Gasteiger charge is -2.33. The molecule has 0 atom stereocenters. The number of benzene rings is 1. The van der Waals surface area contributed by atoms with Gasteiger partial charge < -0.3 is 20.3 Å². The fourth-order valence-corrected chi connectivity index (χ4v) is 4.97. The van der Waals surface area contributed by atoms with E-state index in [9.17, 15) is 0 Å². The average molecular weight is 413 g/mol. The third kappa shape index (κ3) is 4.69. The van der Waals surface area contributed by atoms with Gasteiger partial charge in [-0.3, -0.25) is 4.99 Å². The summed E-state index contributed by atoms with van der Waals surface area (Å²) in [6, 6.07) is 13.2. The van der Waals surface area contributed by atoms with E-state index in [4.69, 9.17) is 9.73 Å². The van der Waals surface area contributed by atoms with Crippen molar-refractivity contribution in [2.75, 3.05) is 38.2 Å². The molecule has 1 aliphatic carbocycles. The molecule has 1 aromatic carbocycles. The molecular formula is C23H32N4OS. The molecule has 0 bridgehead atoms. The summed E-state index contributed by atoms with van der Waals surface area (Å²) >= 11 is 1.83. The quantitative estimate of drug-likeness (QED) is 0.533. The lowest BCUT2D eigenvalue weighted by molar-refractivity contribution is 0.404. The number of hydrogen-bond donors (Lipinski definition) is 2. The highest BCUT2D eigenvalue weighted by Crippen LogP contribution is 2.51. The molecule has 1 aromatic heterocycles. The smallest absolute Gasteiger partial charge is 0.191 e. The summed E-state index contributed by atoms with van der Waals surface area (Å²) in [6.45, 7) is 6.01. The minimum Gasteiger partial charge on any atom is -0.496 e. The number of para-hydroxylation sites is 1. The number of guanidine groups is 1. The van der Waals surface area contributed by atoms with Gasteiger partial charge in [0, 0.05) is 36.7 Å². The fraction of sp³-hybridized carbons (Fsp3) is 0.522. The lowest BCUT2D eigenvalue weighted by atomic mass is 9.95. The first-order chi connectivity index (χ1) is 14.2. The number of piperidine rings is 1. The predicted molar refractivity (Wildman–Crippen MR) is 123 cm³/mol. The average Bonchev–Trinajstić information content (AvgIpc) is 3.35. The van der Waals surface area contributed by atoms with Crippen molar-refractivity contribution in [1.82, 2.24) is 10.6 Å². The Balaban J connectivity index is 1.37. The van der Waals surface area contributed by atoms with E-state index in [2.05, 4.69) is 58.2 Å². The van der Waals surface area contributed by atoms with Gasteiger partial charge in [-0.05, 0) is 56.2 Å². The van der Waals surface area contributed by atoms with E-state index in [1.807, 2.05) is 17.4 Å². The Bertz CT molecular complexity index is 808. The van der Waals surface area contributed by atoms with Crippen LogP contribution >= 0.6 is 11.3 Å². The summed E-state index contributed by atoms with van der Waals surface area (Å²) in [5.74, 6) is 1.93. The van der Waals surface area contributed by atoms with Gasteiger partial charge in [-0.25, -0.2) is 0 Å². The van der Waals surface area contributed by atoms with Crippen LogP contribution in [0.5, 0.6) is 5.75 Å². The van der Waals surface area contributed by atoms with Gasteiger partial charge in [-0.15, -0.1) is 11.3 Å². The molecule has 2 N–H and O–H groups in total. The van der Waals surface area contributed by atoms with Crippen molar-refractivity contribution < 1.29 is 4.74 Å². The van der Waals surface area contributed by atoms with Gasteiger partial charge in [-0.1, -0.05) is 18.2 Å². The van der Waals surface area contributed by atoms with Crippen LogP contribution in [0.1, 0.15) is 38.2 Å². The van der Waals surface area contributed by atoms with Crippen molar-refractivity contribution in [3.63, 3.8) is 0 Å². The number of thiophene rings is 1. The standard InChI is InChI=1S/C23H32N4OS/c1-3-24-22(26-18-10-14-27(15-11-18)21-9-6-16-29-21)25-17-23(12-13-23)19-7-4-5-8-20(19)28-2/h4-9,16,18H,3,10-15,17H2,1-2H3,(H2,24,25,26). The molecule has 0 spiro atoms. The topological polar surface area (TPSA) is 48.9 Å². The first kappa shape index (κ1) is 20.1. The van der Waals surface area contributed by atoms with E-state index in [1.165, 1.54) is 23.4 Å². The molecule has 5 nitrogen and oxygen atoms in total. The first-order valence-electron chi connectivity index (χ1n) is 10.7. The second-order valence-corrected chi connectivity index (χ2v) is 8.96. The molecule has 4 rings (SSSR count). The van der Waals surface area contributed by atoms with Crippen molar-refractivity contribution in [2.45, 2.75) is 44.1 Å². The van der Waals surface area contributed by atoms with Crippen molar-refractivity contribution in [2.24, 2.45) is 4.99 Å². The molecule has 6 heteroatoms. The van der Waals surface area contributed by atoms with Crippen LogP contribution in [-0.4, -0.2) is 45.3 Å². The van der Waals surface area contributed by atoms with Crippen molar-refractivity contribution in [3.8, 4) is 5.75 Å². The maximum Gasteiger partial charge on any atom is 0.191 e. The second kappa shape index (κ2) is 9.08. The summed E-state index contributed by atoms with van der Waals surface area (Å²) in [5.41, 5.74) is 1.43. The Morgan fingerprint density at radius 2 is 2.00 bits per heavy atom. The van der Waals surface area contributed by atoms with Gasteiger partial charge >= 0.3 is 0 Å². The molecule has 1 saturated carbocycles. The molecule has 1 saturated heterocycles. The van der Waals surface area contributed by atoms with Crippen LogP contribution in [0.4, 0.5) is 5.00 Å². The molecule has 29 heavy (non-hydrogen) atoms. The van der Waals surface area contributed by atoms with Gasteiger partial charge in [-0.2, -0.15) is 0 Å². The number of nitrogens with one attached hydrogen (secondary N) is 2. The predicted octanol–water partition coefficient (Wildman–Crippen LogP) is 4.01.